The van der Waals surface area contributed by atoms with E-state index < -0.39 is 17.1 Å². The van der Waals surface area contributed by atoms with Gasteiger partial charge in [0.25, 0.3) is 0 Å². The van der Waals surface area contributed by atoms with Crippen molar-refractivity contribution in [1.29, 1.82) is 5.26 Å². The van der Waals surface area contributed by atoms with Crippen LogP contribution in [0.4, 0.5) is 8.78 Å². The molecule has 0 saturated heterocycles. The van der Waals surface area contributed by atoms with Crippen molar-refractivity contribution in [2.75, 3.05) is 0 Å². The monoisotopic (exact) mass is 342 g/mol. The van der Waals surface area contributed by atoms with Gasteiger partial charge in [-0.15, -0.1) is 0 Å². The Balaban J connectivity index is 2.36. The molecule has 1 N–H and O–H groups in total. The SMILES string of the molecule is C=Cc1c(F)cc2[nH]c(-c3cc(C#N)ccc3Cl)cc(=O)c2c1F. The molecule has 3 aromatic rings. The molecule has 0 radical (unpaired) electrons. The van der Waals surface area contributed by atoms with Crippen LogP contribution in [-0.4, -0.2) is 4.98 Å². The van der Waals surface area contributed by atoms with E-state index in [0.717, 1.165) is 12.1 Å². The Labute approximate surface area is 140 Å². The van der Waals surface area contributed by atoms with Crippen molar-refractivity contribution in [2.45, 2.75) is 0 Å². The Morgan fingerprint density at radius 1 is 1.25 bits per heavy atom. The quantitative estimate of drug-likeness (QED) is 0.737. The van der Waals surface area contributed by atoms with Crippen LogP contribution in [0.25, 0.3) is 28.2 Å². The van der Waals surface area contributed by atoms with E-state index in [1.165, 1.54) is 24.3 Å². The summed E-state index contributed by atoms with van der Waals surface area (Å²) in [5.74, 6) is -1.80. The lowest BCUT2D eigenvalue weighted by Crippen LogP contribution is -2.07. The zero-order valence-electron chi connectivity index (χ0n) is 12.2. The van der Waals surface area contributed by atoms with Crippen molar-refractivity contribution in [3.8, 4) is 17.3 Å². The maximum Gasteiger partial charge on any atom is 0.193 e. The number of rotatable bonds is 2. The first kappa shape index (κ1) is 15.9. The first-order chi connectivity index (χ1) is 11.5. The summed E-state index contributed by atoms with van der Waals surface area (Å²) in [6.45, 7) is 3.34. The average Bonchev–Trinajstić information content (AvgIpc) is 2.54. The number of hydrogen-bond acceptors (Lipinski definition) is 2. The van der Waals surface area contributed by atoms with E-state index in [0.29, 0.717) is 16.1 Å². The summed E-state index contributed by atoms with van der Waals surface area (Å²) in [4.78, 5) is 15.1. The lowest BCUT2D eigenvalue weighted by molar-refractivity contribution is 0.586. The van der Waals surface area contributed by atoms with Gasteiger partial charge in [0.15, 0.2) is 5.43 Å². The molecule has 0 spiro atoms. The summed E-state index contributed by atoms with van der Waals surface area (Å²) in [5.41, 5.74) is 0.0114. The van der Waals surface area contributed by atoms with E-state index in [9.17, 15) is 13.6 Å². The van der Waals surface area contributed by atoms with Crippen molar-refractivity contribution < 1.29 is 8.78 Å². The standard InChI is InChI=1S/C18H9ClF2N2O/c1-2-10-13(20)6-15-17(18(10)21)16(24)7-14(23-15)11-5-9(8-22)3-4-12(11)19/h2-7H,1H2,(H,23,24). The highest BCUT2D eigenvalue weighted by Crippen LogP contribution is 2.29. The summed E-state index contributed by atoms with van der Waals surface area (Å²) >= 11 is 6.11. The summed E-state index contributed by atoms with van der Waals surface area (Å²) in [6.07, 6.45) is 1.02. The average molecular weight is 343 g/mol. The van der Waals surface area contributed by atoms with E-state index in [4.69, 9.17) is 16.9 Å². The van der Waals surface area contributed by atoms with Gasteiger partial charge in [0.05, 0.1) is 28.2 Å². The normalized spacial score (nSPS) is 10.6. The largest absolute Gasteiger partial charge is 0.354 e. The molecule has 2 aromatic carbocycles. The number of nitriles is 1. The predicted molar refractivity (Wildman–Crippen MR) is 89.7 cm³/mol. The number of H-pyrrole nitrogens is 1. The molecule has 1 aromatic heterocycles. The Hall–Kier alpha value is -2.97. The molecule has 0 bridgehead atoms. The molecular weight excluding hydrogens is 334 g/mol. The minimum absolute atomic E-state index is 0.00322. The molecule has 0 atom stereocenters. The number of pyridine rings is 1. The molecule has 1 heterocycles. The molecule has 24 heavy (non-hydrogen) atoms. The zero-order chi connectivity index (χ0) is 17.4. The third-order valence-electron chi connectivity index (χ3n) is 3.63. The number of hydrogen-bond donors (Lipinski definition) is 1. The number of nitrogens with one attached hydrogen (secondary N) is 1. The van der Waals surface area contributed by atoms with Crippen LogP contribution in [0.2, 0.25) is 5.02 Å². The van der Waals surface area contributed by atoms with Gasteiger partial charge in [-0.05, 0) is 24.3 Å². The van der Waals surface area contributed by atoms with Crippen LogP contribution < -0.4 is 5.43 Å². The van der Waals surface area contributed by atoms with Gasteiger partial charge in [-0.1, -0.05) is 24.3 Å². The Kier molecular flexibility index (Phi) is 3.92. The van der Waals surface area contributed by atoms with Gasteiger partial charge in [-0.2, -0.15) is 5.26 Å². The number of aromatic amines is 1. The maximum absolute atomic E-state index is 14.3. The van der Waals surface area contributed by atoms with E-state index in [2.05, 4.69) is 11.6 Å². The first-order valence-electron chi connectivity index (χ1n) is 6.83. The van der Waals surface area contributed by atoms with E-state index >= 15 is 0 Å². The van der Waals surface area contributed by atoms with Crippen LogP contribution in [-0.2, 0) is 0 Å². The fourth-order valence-corrected chi connectivity index (χ4v) is 2.71. The second-order valence-corrected chi connectivity index (χ2v) is 5.47. The Morgan fingerprint density at radius 2 is 2.00 bits per heavy atom. The molecule has 0 aliphatic rings. The van der Waals surface area contributed by atoms with Gasteiger partial charge in [0.2, 0.25) is 0 Å². The van der Waals surface area contributed by atoms with Crippen molar-refractivity contribution in [2.24, 2.45) is 0 Å². The van der Waals surface area contributed by atoms with Crippen LogP contribution in [0.5, 0.6) is 0 Å². The Bertz CT molecular complexity index is 1100. The molecule has 0 unspecified atom stereocenters. The van der Waals surface area contributed by atoms with E-state index in [1.807, 2.05) is 6.07 Å². The third-order valence-corrected chi connectivity index (χ3v) is 3.96. The minimum atomic E-state index is -0.968. The fraction of sp³-hybridized carbons (Fsp3) is 0. The molecule has 0 aliphatic heterocycles. The second-order valence-electron chi connectivity index (χ2n) is 5.07. The van der Waals surface area contributed by atoms with Gasteiger partial charge >= 0.3 is 0 Å². The van der Waals surface area contributed by atoms with Gasteiger partial charge in [0, 0.05) is 22.2 Å². The Morgan fingerprint density at radius 3 is 2.67 bits per heavy atom. The molecule has 0 amide bonds. The second kappa shape index (κ2) is 5.91. The number of nitrogens with zero attached hydrogens (tertiary/aromatic N) is 1. The zero-order valence-corrected chi connectivity index (χ0v) is 12.9. The third kappa shape index (κ3) is 2.47. The molecular formula is C18H9ClF2N2O. The highest BCUT2D eigenvalue weighted by atomic mass is 35.5. The number of halogens is 3. The highest BCUT2D eigenvalue weighted by molar-refractivity contribution is 6.33. The molecule has 0 saturated carbocycles. The molecule has 0 fully saturated rings. The van der Waals surface area contributed by atoms with Crippen LogP contribution in [0.15, 0.2) is 41.7 Å². The van der Waals surface area contributed by atoms with Crippen LogP contribution in [0, 0.1) is 23.0 Å². The van der Waals surface area contributed by atoms with Gasteiger partial charge in [-0.25, -0.2) is 8.78 Å². The molecule has 0 aliphatic carbocycles. The highest BCUT2D eigenvalue weighted by Gasteiger charge is 2.16. The van der Waals surface area contributed by atoms with Crippen molar-refractivity contribution >= 4 is 28.6 Å². The number of benzene rings is 2. The smallest absolute Gasteiger partial charge is 0.193 e. The fourth-order valence-electron chi connectivity index (χ4n) is 2.49. The lowest BCUT2D eigenvalue weighted by Gasteiger charge is -2.09. The summed E-state index contributed by atoms with van der Waals surface area (Å²) in [5, 5.41) is 9.02. The number of aromatic nitrogens is 1. The summed E-state index contributed by atoms with van der Waals surface area (Å²) < 4.78 is 28.3. The van der Waals surface area contributed by atoms with Crippen LogP contribution in [0.3, 0.4) is 0 Å². The lowest BCUT2D eigenvalue weighted by atomic mass is 10.0. The predicted octanol–water partition coefficient (Wildman–Crippen LogP) is 4.64. The maximum atomic E-state index is 14.3. The van der Waals surface area contributed by atoms with E-state index in [-0.39, 0.29) is 22.2 Å². The molecule has 118 valence electrons. The van der Waals surface area contributed by atoms with Gasteiger partial charge in [0.1, 0.15) is 11.6 Å². The van der Waals surface area contributed by atoms with E-state index in [1.54, 1.807) is 0 Å². The van der Waals surface area contributed by atoms with Crippen molar-refractivity contribution in [3.63, 3.8) is 0 Å². The first-order valence-corrected chi connectivity index (χ1v) is 7.21. The van der Waals surface area contributed by atoms with Crippen molar-refractivity contribution in [1.82, 2.24) is 4.98 Å². The molecule has 3 nitrogen and oxygen atoms in total. The minimum Gasteiger partial charge on any atom is -0.354 e. The van der Waals surface area contributed by atoms with Gasteiger partial charge in [-0.3, -0.25) is 4.79 Å². The van der Waals surface area contributed by atoms with Gasteiger partial charge < -0.3 is 4.98 Å². The topological polar surface area (TPSA) is 56.6 Å². The summed E-state index contributed by atoms with van der Waals surface area (Å²) in [7, 11) is 0. The molecule has 6 heteroatoms. The molecule has 3 rings (SSSR count). The van der Waals surface area contributed by atoms with Crippen LogP contribution >= 0.6 is 11.6 Å². The number of fused-ring (bicyclic) bond motifs is 1. The van der Waals surface area contributed by atoms with Crippen LogP contribution in [0.1, 0.15) is 11.1 Å². The summed E-state index contributed by atoms with van der Waals surface area (Å²) in [6, 6.07) is 8.70. The van der Waals surface area contributed by atoms with Crippen molar-refractivity contribution in [3.05, 3.63) is 74.9 Å².